The zero-order chi connectivity index (χ0) is 14.4. The van der Waals surface area contributed by atoms with Gasteiger partial charge in [0.25, 0.3) is 0 Å². The van der Waals surface area contributed by atoms with E-state index >= 15 is 0 Å². The molecule has 5 heteroatoms. The van der Waals surface area contributed by atoms with Crippen LogP contribution in [0, 0.1) is 0 Å². The van der Waals surface area contributed by atoms with Crippen molar-refractivity contribution in [2.24, 2.45) is 0 Å². The molecule has 0 aromatic rings. The number of nitrogens with one attached hydrogen (secondary N) is 1. The number of aliphatic carboxylic acids is 1. The van der Waals surface area contributed by atoms with Crippen LogP contribution < -0.4 is 5.32 Å². The van der Waals surface area contributed by atoms with Crippen LogP contribution in [-0.4, -0.2) is 47.1 Å². The van der Waals surface area contributed by atoms with E-state index in [-0.39, 0.29) is 18.4 Å². The Morgan fingerprint density at radius 3 is 2.45 bits per heavy atom. The molecular formula is C15H26N2O3. The van der Waals surface area contributed by atoms with Gasteiger partial charge < -0.3 is 10.4 Å². The highest BCUT2D eigenvalue weighted by Crippen LogP contribution is 2.20. The predicted octanol–water partition coefficient (Wildman–Crippen LogP) is 1.76. The van der Waals surface area contributed by atoms with Crippen molar-refractivity contribution in [3.8, 4) is 0 Å². The summed E-state index contributed by atoms with van der Waals surface area (Å²) in [6, 6.07) is 0.359. The molecule has 5 nitrogen and oxygen atoms in total. The van der Waals surface area contributed by atoms with Gasteiger partial charge in [-0.2, -0.15) is 0 Å². The van der Waals surface area contributed by atoms with E-state index in [2.05, 4.69) is 10.2 Å². The van der Waals surface area contributed by atoms with Gasteiger partial charge in [0.05, 0.1) is 13.0 Å². The van der Waals surface area contributed by atoms with Crippen molar-refractivity contribution in [2.45, 2.75) is 69.9 Å². The lowest BCUT2D eigenvalue weighted by Gasteiger charge is -2.35. The number of hydrogen-bond acceptors (Lipinski definition) is 3. The molecule has 1 heterocycles. The number of carbonyl (C=O) groups is 2. The average Bonchev–Trinajstić information content (AvgIpc) is 2.41. The second-order valence-electron chi connectivity index (χ2n) is 6.12. The van der Waals surface area contributed by atoms with Crippen molar-refractivity contribution >= 4 is 11.9 Å². The fourth-order valence-electron chi connectivity index (χ4n) is 3.41. The summed E-state index contributed by atoms with van der Waals surface area (Å²) in [5, 5.41) is 12.1. The second-order valence-corrected chi connectivity index (χ2v) is 6.12. The molecule has 0 bridgehead atoms. The fraction of sp³-hybridized carbons (Fsp3) is 0.867. The Bertz CT molecular complexity index is 340. The summed E-state index contributed by atoms with van der Waals surface area (Å²) in [6.07, 6.45) is 9.03. The molecule has 20 heavy (non-hydrogen) atoms. The van der Waals surface area contributed by atoms with Crippen molar-refractivity contribution in [1.29, 1.82) is 0 Å². The molecule has 114 valence electrons. The minimum atomic E-state index is -0.769. The van der Waals surface area contributed by atoms with E-state index in [9.17, 15) is 9.59 Å². The summed E-state index contributed by atoms with van der Waals surface area (Å²) in [4.78, 5) is 25.1. The maximum absolute atomic E-state index is 12.1. The monoisotopic (exact) mass is 282 g/mol. The van der Waals surface area contributed by atoms with Gasteiger partial charge in [-0.3, -0.25) is 14.5 Å². The predicted molar refractivity (Wildman–Crippen MR) is 76.5 cm³/mol. The van der Waals surface area contributed by atoms with Crippen LogP contribution >= 0.6 is 0 Å². The van der Waals surface area contributed by atoms with E-state index in [1.54, 1.807) is 0 Å². The van der Waals surface area contributed by atoms with Gasteiger partial charge in [-0.15, -0.1) is 0 Å². The molecule has 0 aromatic carbocycles. The summed E-state index contributed by atoms with van der Waals surface area (Å²) >= 11 is 0. The molecule has 0 spiro atoms. The van der Waals surface area contributed by atoms with E-state index in [4.69, 9.17) is 5.11 Å². The first kappa shape index (κ1) is 15.3. The van der Waals surface area contributed by atoms with Gasteiger partial charge in [-0.05, 0) is 32.2 Å². The Morgan fingerprint density at radius 1 is 1.05 bits per heavy atom. The molecule has 1 aliphatic carbocycles. The summed E-state index contributed by atoms with van der Waals surface area (Å²) in [7, 11) is 0. The van der Waals surface area contributed by atoms with E-state index in [1.807, 2.05) is 0 Å². The molecule has 2 fully saturated rings. The van der Waals surface area contributed by atoms with Gasteiger partial charge in [-0.1, -0.05) is 25.7 Å². The van der Waals surface area contributed by atoms with Crippen LogP contribution in [0.3, 0.4) is 0 Å². The Labute approximate surface area is 120 Å². The number of amides is 1. The van der Waals surface area contributed by atoms with Gasteiger partial charge in [0.2, 0.25) is 5.91 Å². The molecule has 2 N–H and O–H groups in total. The zero-order valence-electron chi connectivity index (χ0n) is 12.1. The first-order chi connectivity index (χ1) is 9.65. The first-order valence-electron chi connectivity index (χ1n) is 7.90. The van der Waals surface area contributed by atoms with Crippen molar-refractivity contribution < 1.29 is 14.7 Å². The normalized spacial score (nSPS) is 25.3. The molecule has 1 amide bonds. The summed E-state index contributed by atoms with van der Waals surface area (Å²) in [5.41, 5.74) is 0. The zero-order valence-corrected chi connectivity index (χ0v) is 12.1. The highest BCUT2D eigenvalue weighted by molar-refractivity contribution is 5.78. The number of carbonyl (C=O) groups excluding carboxylic acids is 1. The molecule has 0 aromatic heterocycles. The van der Waals surface area contributed by atoms with Crippen LogP contribution in [0.15, 0.2) is 0 Å². The third-order valence-electron chi connectivity index (χ3n) is 4.48. The molecule has 1 saturated heterocycles. The van der Waals surface area contributed by atoms with Crippen LogP contribution in [0.1, 0.15) is 57.8 Å². The van der Waals surface area contributed by atoms with Gasteiger partial charge in [0, 0.05) is 12.1 Å². The third kappa shape index (κ3) is 4.78. The maximum atomic E-state index is 12.1. The summed E-state index contributed by atoms with van der Waals surface area (Å²) in [5.74, 6) is -0.705. The highest BCUT2D eigenvalue weighted by atomic mass is 16.4. The van der Waals surface area contributed by atoms with E-state index in [1.165, 1.54) is 19.3 Å². The molecular weight excluding hydrogens is 256 g/mol. The Balaban J connectivity index is 1.79. The van der Waals surface area contributed by atoms with Crippen LogP contribution in [-0.2, 0) is 9.59 Å². The third-order valence-corrected chi connectivity index (χ3v) is 4.48. The van der Waals surface area contributed by atoms with Gasteiger partial charge >= 0.3 is 5.97 Å². The van der Waals surface area contributed by atoms with Gasteiger partial charge in [0.15, 0.2) is 0 Å². The van der Waals surface area contributed by atoms with Crippen LogP contribution in [0.2, 0.25) is 0 Å². The molecule has 2 aliphatic rings. The minimum Gasteiger partial charge on any atom is -0.481 e. The summed E-state index contributed by atoms with van der Waals surface area (Å²) in [6.45, 7) is 1.20. The number of piperidine rings is 1. The highest BCUT2D eigenvalue weighted by Gasteiger charge is 2.26. The Kier molecular flexibility index (Phi) is 5.83. The largest absolute Gasteiger partial charge is 0.481 e. The number of rotatable bonds is 5. The Hall–Kier alpha value is -1.10. The molecule has 1 unspecified atom stereocenters. The van der Waals surface area contributed by atoms with E-state index in [0.29, 0.717) is 12.6 Å². The molecule has 1 aliphatic heterocycles. The Morgan fingerprint density at radius 2 is 1.75 bits per heavy atom. The number of nitrogens with zero attached hydrogens (tertiary/aromatic N) is 1. The van der Waals surface area contributed by atoms with Crippen LogP contribution in [0.5, 0.6) is 0 Å². The number of carboxylic acid groups (broad SMARTS) is 1. The number of carboxylic acids is 1. The van der Waals surface area contributed by atoms with Crippen molar-refractivity contribution in [1.82, 2.24) is 10.2 Å². The number of hydrogen-bond donors (Lipinski definition) is 2. The lowest BCUT2D eigenvalue weighted by molar-refractivity contribution is -0.139. The fourth-order valence-corrected chi connectivity index (χ4v) is 3.41. The standard InChI is InChI=1S/C15H26N2O3/c18-14(16-12-6-2-1-3-7-12)11-17-9-5-4-8-13(17)10-15(19)20/h12-13H,1-11H2,(H,16,18)(H,19,20). The van der Waals surface area contributed by atoms with E-state index in [0.717, 1.165) is 38.6 Å². The lowest BCUT2D eigenvalue weighted by Crippen LogP contribution is -2.48. The molecule has 0 radical (unpaired) electrons. The summed E-state index contributed by atoms with van der Waals surface area (Å²) < 4.78 is 0. The van der Waals surface area contributed by atoms with Crippen molar-refractivity contribution in [3.63, 3.8) is 0 Å². The van der Waals surface area contributed by atoms with Crippen LogP contribution in [0.25, 0.3) is 0 Å². The first-order valence-corrected chi connectivity index (χ1v) is 7.90. The van der Waals surface area contributed by atoms with Crippen LogP contribution in [0.4, 0.5) is 0 Å². The average molecular weight is 282 g/mol. The molecule has 1 saturated carbocycles. The molecule has 2 rings (SSSR count). The van der Waals surface area contributed by atoms with E-state index < -0.39 is 5.97 Å². The second kappa shape index (κ2) is 7.62. The smallest absolute Gasteiger partial charge is 0.304 e. The lowest BCUT2D eigenvalue weighted by atomic mass is 9.95. The van der Waals surface area contributed by atoms with Gasteiger partial charge in [-0.25, -0.2) is 0 Å². The quantitative estimate of drug-likeness (QED) is 0.806. The van der Waals surface area contributed by atoms with Gasteiger partial charge in [0.1, 0.15) is 0 Å². The maximum Gasteiger partial charge on any atom is 0.304 e. The minimum absolute atomic E-state index is 0.0263. The van der Waals surface area contributed by atoms with Crippen molar-refractivity contribution in [3.05, 3.63) is 0 Å². The number of likely N-dealkylation sites (tertiary alicyclic amines) is 1. The SMILES string of the molecule is O=C(O)CC1CCCCN1CC(=O)NC1CCCCC1. The van der Waals surface area contributed by atoms with Crippen molar-refractivity contribution in [2.75, 3.05) is 13.1 Å². The molecule has 1 atom stereocenters. The topological polar surface area (TPSA) is 69.6 Å².